The van der Waals surface area contributed by atoms with E-state index in [1.807, 2.05) is 0 Å². The molecule has 0 aromatic carbocycles. The third kappa shape index (κ3) is 2.17. The average molecular weight is 247 g/mol. The Balaban J connectivity index is 2.37. The Labute approximate surface area is 98.4 Å². The van der Waals surface area contributed by atoms with Gasteiger partial charge in [-0.15, -0.1) is 0 Å². The van der Waals surface area contributed by atoms with E-state index in [0.717, 1.165) is 19.3 Å². The number of rotatable bonds is 0. The number of amidine groups is 2. The van der Waals surface area contributed by atoms with Crippen LogP contribution in [0.25, 0.3) is 0 Å². The van der Waals surface area contributed by atoms with E-state index in [9.17, 15) is 13.2 Å². The van der Waals surface area contributed by atoms with Gasteiger partial charge in [-0.1, -0.05) is 19.3 Å². The zero-order valence-electron chi connectivity index (χ0n) is 10.0. The van der Waals surface area contributed by atoms with Crippen molar-refractivity contribution in [1.82, 2.24) is 4.90 Å². The second kappa shape index (κ2) is 3.99. The predicted molar refractivity (Wildman–Crippen MR) is 60.4 cm³/mol. The van der Waals surface area contributed by atoms with Crippen molar-refractivity contribution in [2.75, 3.05) is 14.1 Å². The maximum Gasteiger partial charge on any atom is 0.451 e. The molecule has 0 unspecified atom stereocenters. The summed E-state index contributed by atoms with van der Waals surface area (Å²) in [6.07, 6.45) is -0.197. The van der Waals surface area contributed by atoms with Crippen LogP contribution in [0.1, 0.15) is 32.1 Å². The smallest absolute Gasteiger partial charge is 0.364 e. The van der Waals surface area contributed by atoms with Gasteiger partial charge in [-0.25, -0.2) is 9.98 Å². The van der Waals surface area contributed by atoms with Crippen molar-refractivity contribution < 1.29 is 13.2 Å². The van der Waals surface area contributed by atoms with E-state index in [4.69, 9.17) is 0 Å². The van der Waals surface area contributed by atoms with Crippen LogP contribution in [0.4, 0.5) is 13.2 Å². The number of hydrogen-bond acceptors (Lipinski definition) is 3. The third-order valence-corrected chi connectivity index (χ3v) is 3.31. The van der Waals surface area contributed by atoms with Gasteiger partial charge in [0.05, 0.1) is 0 Å². The first-order valence-electron chi connectivity index (χ1n) is 5.79. The normalized spacial score (nSPS) is 23.6. The molecule has 1 spiro atoms. The molecule has 1 saturated carbocycles. The topological polar surface area (TPSA) is 28.0 Å². The van der Waals surface area contributed by atoms with Crippen LogP contribution in [0.15, 0.2) is 9.98 Å². The van der Waals surface area contributed by atoms with Gasteiger partial charge in [0.2, 0.25) is 5.84 Å². The van der Waals surface area contributed by atoms with Crippen molar-refractivity contribution in [3.05, 3.63) is 0 Å². The maximum absolute atomic E-state index is 12.7. The Hall–Kier alpha value is -1.07. The molecule has 2 rings (SSSR count). The highest BCUT2D eigenvalue weighted by Gasteiger charge is 2.48. The average Bonchev–Trinajstić information content (AvgIpc) is 2.58. The van der Waals surface area contributed by atoms with Crippen LogP contribution in [0.3, 0.4) is 0 Å². The van der Waals surface area contributed by atoms with Crippen molar-refractivity contribution in [2.45, 2.75) is 43.8 Å². The monoisotopic (exact) mass is 247 g/mol. The Bertz CT molecular complexity index is 363. The second-order valence-electron chi connectivity index (χ2n) is 4.86. The maximum atomic E-state index is 12.7. The quantitative estimate of drug-likeness (QED) is 0.646. The van der Waals surface area contributed by atoms with Gasteiger partial charge in [0.25, 0.3) is 0 Å². The summed E-state index contributed by atoms with van der Waals surface area (Å²) in [5.74, 6) is -0.507. The molecule has 17 heavy (non-hydrogen) atoms. The molecule has 6 heteroatoms. The largest absolute Gasteiger partial charge is 0.451 e. The Morgan fingerprint density at radius 3 is 2.18 bits per heavy atom. The summed E-state index contributed by atoms with van der Waals surface area (Å²) in [7, 11) is 3.45. The van der Waals surface area contributed by atoms with E-state index in [2.05, 4.69) is 9.98 Å². The van der Waals surface area contributed by atoms with Gasteiger partial charge < -0.3 is 4.90 Å². The lowest BCUT2D eigenvalue weighted by molar-refractivity contribution is -0.0598. The minimum Gasteiger partial charge on any atom is -0.364 e. The van der Waals surface area contributed by atoms with Crippen molar-refractivity contribution in [2.24, 2.45) is 9.98 Å². The first-order chi connectivity index (χ1) is 7.85. The molecule has 0 N–H and O–H groups in total. The summed E-state index contributed by atoms with van der Waals surface area (Å²) in [6, 6.07) is 0. The highest BCUT2D eigenvalue weighted by Crippen LogP contribution is 2.39. The van der Waals surface area contributed by atoms with Crippen LogP contribution < -0.4 is 0 Å². The Morgan fingerprint density at radius 1 is 1.12 bits per heavy atom. The van der Waals surface area contributed by atoms with E-state index >= 15 is 0 Å². The van der Waals surface area contributed by atoms with E-state index in [1.54, 1.807) is 19.0 Å². The van der Waals surface area contributed by atoms with Crippen LogP contribution in [0.2, 0.25) is 0 Å². The number of likely N-dealkylation sites (N-methyl/N-ethyl adjacent to an activating group) is 1. The molecule has 0 aromatic heterocycles. The summed E-state index contributed by atoms with van der Waals surface area (Å²) in [4.78, 5) is 9.26. The van der Waals surface area contributed by atoms with Crippen LogP contribution in [0, 0.1) is 0 Å². The molecule has 0 radical (unpaired) electrons. The van der Waals surface area contributed by atoms with Gasteiger partial charge in [-0.2, -0.15) is 13.2 Å². The van der Waals surface area contributed by atoms with Crippen molar-refractivity contribution in [3.63, 3.8) is 0 Å². The lowest BCUT2D eigenvalue weighted by Gasteiger charge is -2.34. The standard InChI is InChI=1S/C11H16F3N3/c1-17(2)9-10(6-4-3-5-7-10)16-8(15-9)11(12,13)14/h3-7H2,1-2H3. The molecule has 0 aromatic rings. The van der Waals surface area contributed by atoms with Gasteiger partial charge in [0.1, 0.15) is 11.4 Å². The van der Waals surface area contributed by atoms with Gasteiger partial charge >= 0.3 is 6.18 Å². The fourth-order valence-corrected chi connectivity index (χ4v) is 2.60. The first kappa shape index (κ1) is 12.4. The van der Waals surface area contributed by atoms with Gasteiger partial charge in [0, 0.05) is 14.1 Å². The van der Waals surface area contributed by atoms with Crippen molar-refractivity contribution in [3.8, 4) is 0 Å². The van der Waals surface area contributed by atoms with Gasteiger partial charge in [-0.05, 0) is 12.8 Å². The molecule has 1 heterocycles. The van der Waals surface area contributed by atoms with Crippen LogP contribution in [-0.2, 0) is 0 Å². The summed E-state index contributed by atoms with van der Waals surface area (Å²) < 4.78 is 38.0. The van der Waals surface area contributed by atoms with Crippen molar-refractivity contribution in [1.29, 1.82) is 0 Å². The lowest BCUT2D eigenvalue weighted by Crippen LogP contribution is -2.44. The highest BCUT2D eigenvalue weighted by molar-refractivity contribution is 6.09. The minimum absolute atomic E-state index is 0.463. The molecular formula is C11H16F3N3. The fourth-order valence-electron chi connectivity index (χ4n) is 2.60. The SMILES string of the molecule is CN(C)C1=NC(C(F)(F)F)=NC12CCCCC2. The van der Waals surface area contributed by atoms with Crippen LogP contribution in [0.5, 0.6) is 0 Å². The molecule has 1 aliphatic heterocycles. The van der Waals surface area contributed by atoms with E-state index in [-0.39, 0.29) is 0 Å². The number of alkyl halides is 3. The van der Waals surface area contributed by atoms with E-state index < -0.39 is 17.6 Å². The molecule has 1 fully saturated rings. The molecular weight excluding hydrogens is 231 g/mol. The summed E-state index contributed by atoms with van der Waals surface area (Å²) in [5, 5.41) is 0. The van der Waals surface area contributed by atoms with Gasteiger partial charge in [0.15, 0.2) is 0 Å². The summed E-state index contributed by atoms with van der Waals surface area (Å²) in [6.45, 7) is 0. The minimum atomic E-state index is -4.44. The predicted octanol–water partition coefficient (Wildman–Crippen LogP) is 2.62. The van der Waals surface area contributed by atoms with E-state index in [0.29, 0.717) is 18.7 Å². The molecule has 3 nitrogen and oxygen atoms in total. The zero-order chi connectivity index (χ0) is 12.7. The number of nitrogens with zero attached hydrogens (tertiary/aromatic N) is 3. The Kier molecular flexibility index (Phi) is 2.91. The van der Waals surface area contributed by atoms with Gasteiger partial charge in [-0.3, -0.25) is 0 Å². The first-order valence-corrected chi connectivity index (χ1v) is 5.79. The number of hydrogen-bond donors (Lipinski definition) is 0. The second-order valence-corrected chi connectivity index (χ2v) is 4.86. The Morgan fingerprint density at radius 2 is 1.71 bits per heavy atom. The number of aliphatic imine (C=N–C) groups is 2. The zero-order valence-corrected chi connectivity index (χ0v) is 10.0. The molecule has 0 atom stereocenters. The van der Waals surface area contributed by atoms with Crippen LogP contribution in [-0.4, -0.2) is 42.4 Å². The molecule has 2 aliphatic rings. The van der Waals surface area contributed by atoms with Crippen LogP contribution >= 0.6 is 0 Å². The molecule has 0 saturated heterocycles. The lowest BCUT2D eigenvalue weighted by atomic mass is 9.81. The molecule has 0 bridgehead atoms. The number of halogens is 3. The molecule has 1 aliphatic carbocycles. The highest BCUT2D eigenvalue weighted by atomic mass is 19.4. The fraction of sp³-hybridized carbons (Fsp3) is 0.818. The summed E-state index contributed by atoms with van der Waals surface area (Å²) in [5.41, 5.74) is -0.716. The molecule has 96 valence electrons. The summed E-state index contributed by atoms with van der Waals surface area (Å²) >= 11 is 0. The van der Waals surface area contributed by atoms with Crippen molar-refractivity contribution >= 4 is 11.7 Å². The third-order valence-electron chi connectivity index (χ3n) is 3.31. The molecule has 0 amide bonds. The van der Waals surface area contributed by atoms with E-state index in [1.165, 1.54) is 0 Å².